The zero-order chi connectivity index (χ0) is 12.5. The van der Waals surface area contributed by atoms with Gasteiger partial charge >= 0.3 is 0 Å². The predicted molar refractivity (Wildman–Crippen MR) is 78.0 cm³/mol. The van der Waals surface area contributed by atoms with Gasteiger partial charge in [0, 0.05) is 11.7 Å². The molecular formula is C17H17N. The third-order valence-electron chi connectivity index (χ3n) is 3.54. The summed E-state index contributed by atoms with van der Waals surface area (Å²) in [5.41, 5.74) is 6.78. The summed E-state index contributed by atoms with van der Waals surface area (Å²) in [5.74, 6) is 0. The lowest BCUT2D eigenvalue weighted by Gasteiger charge is -2.12. The fraction of sp³-hybridized carbons (Fsp3) is 0.176. The molecule has 2 aromatic rings. The van der Waals surface area contributed by atoms with E-state index in [-0.39, 0.29) is 0 Å². The number of hydrogen-bond donors (Lipinski definition) is 1. The van der Waals surface area contributed by atoms with Gasteiger partial charge in [-0.25, -0.2) is 0 Å². The molecule has 1 atom stereocenters. The molecule has 0 aromatic heterocycles. The molecule has 2 aromatic carbocycles. The van der Waals surface area contributed by atoms with Crippen molar-refractivity contribution in [3.8, 4) is 11.1 Å². The second kappa shape index (κ2) is 4.34. The quantitative estimate of drug-likeness (QED) is 0.669. The Balaban J connectivity index is 1.96. The lowest BCUT2D eigenvalue weighted by molar-refractivity contribution is 1.00. The monoisotopic (exact) mass is 235 g/mol. The molecule has 1 aliphatic carbocycles. The van der Waals surface area contributed by atoms with Crippen LogP contribution in [0.4, 0.5) is 5.69 Å². The number of nitrogens with one attached hydrogen (secondary N) is 1. The Morgan fingerprint density at radius 2 is 1.89 bits per heavy atom. The maximum Gasteiger partial charge on any atom is 0.0413 e. The Morgan fingerprint density at radius 3 is 2.72 bits per heavy atom. The van der Waals surface area contributed by atoms with Crippen LogP contribution < -0.4 is 5.32 Å². The first-order valence-electron chi connectivity index (χ1n) is 6.38. The average Bonchev–Trinajstić information content (AvgIpc) is 2.76. The molecule has 1 heteroatoms. The van der Waals surface area contributed by atoms with Gasteiger partial charge in [0.1, 0.15) is 0 Å². The maximum atomic E-state index is 3.80. The molecule has 0 bridgehead atoms. The van der Waals surface area contributed by atoms with Gasteiger partial charge in [-0.1, -0.05) is 36.4 Å². The zero-order valence-electron chi connectivity index (χ0n) is 10.6. The summed E-state index contributed by atoms with van der Waals surface area (Å²) in [6, 6.07) is 15.6. The lowest BCUT2D eigenvalue weighted by Crippen LogP contribution is -2.11. The van der Waals surface area contributed by atoms with Crippen LogP contribution in [0.25, 0.3) is 11.1 Å². The van der Waals surface area contributed by atoms with E-state index in [9.17, 15) is 0 Å². The molecule has 0 fully saturated rings. The SMILES string of the molecule is C=CC(C)Nc1ccc2c(c1)Cc1ccccc1-2. The molecule has 0 amide bonds. The van der Waals surface area contributed by atoms with Crippen LogP contribution in [0.15, 0.2) is 55.1 Å². The molecule has 1 aliphatic rings. The van der Waals surface area contributed by atoms with Gasteiger partial charge in [-0.3, -0.25) is 0 Å². The van der Waals surface area contributed by atoms with Gasteiger partial charge in [0.25, 0.3) is 0 Å². The summed E-state index contributed by atoms with van der Waals surface area (Å²) in [5, 5.41) is 3.43. The molecule has 0 saturated heterocycles. The van der Waals surface area contributed by atoms with Crippen molar-refractivity contribution in [3.05, 3.63) is 66.2 Å². The topological polar surface area (TPSA) is 12.0 Å². The van der Waals surface area contributed by atoms with Crippen LogP contribution in [0.2, 0.25) is 0 Å². The largest absolute Gasteiger partial charge is 0.379 e. The summed E-state index contributed by atoms with van der Waals surface area (Å²) in [4.78, 5) is 0. The molecule has 0 spiro atoms. The van der Waals surface area contributed by atoms with Crippen LogP contribution in [0.5, 0.6) is 0 Å². The molecule has 1 unspecified atom stereocenters. The Morgan fingerprint density at radius 1 is 1.11 bits per heavy atom. The highest BCUT2D eigenvalue weighted by Crippen LogP contribution is 2.37. The first-order chi connectivity index (χ1) is 8.78. The fourth-order valence-electron chi connectivity index (χ4n) is 2.56. The van der Waals surface area contributed by atoms with E-state index in [0.29, 0.717) is 6.04 Å². The van der Waals surface area contributed by atoms with Gasteiger partial charge in [0.05, 0.1) is 0 Å². The molecule has 1 nitrogen and oxygen atoms in total. The van der Waals surface area contributed by atoms with Crippen molar-refractivity contribution >= 4 is 5.69 Å². The summed E-state index contributed by atoms with van der Waals surface area (Å²) in [7, 11) is 0. The fourth-order valence-corrected chi connectivity index (χ4v) is 2.56. The normalized spacial score (nSPS) is 13.6. The molecule has 1 N–H and O–H groups in total. The van der Waals surface area contributed by atoms with E-state index in [2.05, 4.69) is 61.3 Å². The van der Waals surface area contributed by atoms with Crippen molar-refractivity contribution in [1.29, 1.82) is 0 Å². The summed E-state index contributed by atoms with van der Waals surface area (Å²) < 4.78 is 0. The Labute approximate surface area is 108 Å². The van der Waals surface area contributed by atoms with Crippen LogP contribution in [0, 0.1) is 0 Å². The second-order valence-corrected chi connectivity index (χ2v) is 4.87. The summed E-state index contributed by atoms with van der Waals surface area (Å²) >= 11 is 0. The van der Waals surface area contributed by atoms with Crippen molar-refractivity contribution in [3.63, 3.8) is 0 Å². The number of fused-ring (bicyclic) bond motifs is 3. The van der Waals surface area contributed by atoms with E-state index in [4.69, 9.17) is 0 Å². The number of hydrogen-bond acceptors (Lipinski definition) is 1. The number of rotatable bonds is 3. The molecule has 3 rings (SSSR count). The number of anilines is 1. The van der Waals surface area contributed by atoms with Crippen molar-refractivity contribution in [2.24, 2.45) is 0 Å². The minimum Gasteiger partial charge on any atom is -0.379 e. The Hall–Kier alpha value is -2.02. The standard InChI is InChI=1S/C17H17N/c1-3-12(2)18-15-8-9-17-14(11-15)10-13-6-4-5-7-16(13)17/h3-9,11-12,18H,1,10H2,2H3. The highest BCUT2D eigenvalue weighted by Gasteiger charge is 2.17. The highest BCUT2D eigenvalue weighted by atomic mass is 14.9. The molecule has 0 aliphatic heterocycles. The van der Waals surface area contributed by atoms with Crippen molar-refractivity contribution in [2.45, 2.75) is 19.4 Å². The smallest absolute Gasteiger partial charge is 0.0413 e. The Kier molecular flexibility index (Phi) is 2.67. The molecule has 0 heterocycles. The summed E-state index contributed by atoms with van der Waals surface area (Å²) in [6.45, 7) is 5.91. The van der Waals surface area contributed by atoms with E-state index in [1.807, 2.05) is 6.08 Å². The van der Waals surface area contributed by atoms with Crippen LogP contribution in [-0.4, -0.2) is 6.04 Å². The first kappa shape index (κ1) is 11.1. The van der Waals surface area contributed by atoms with Gasteiger partial charge < -0.3 is 5.32 Å². The molecule has 0 radical (unpaired) electrons. The van der Waals surface area contributed by atoms with E-state index in [1.165, 1.54) is 27.9 Å². The average molecular weight is 235 g/mol. The van der Waals surface area contributed by atoms with E-state index >= 15 is 0 Å². The van der Waals surface area contributed by atoms with Gasteiger partial charge in [-0.05, 0) is 47.7 Å². The first-order valence-corrected chi connectivity index (χ1v) is 6.38. The molecule has 90 valence electrons. The molecular weight excluding hydrogens is 218 g/mol. The molecule has 18 heavy (non-hydrogen) atoms. The van der Waals surface area contributed by atoms with E-state index in [0.717, 1.165) is 6.42 Å². The van der Waals surface area contributed by atoms with Crippen LogP contribution in [0.1, 0.15) is 18.1 Å². The zero-order valence-corrected chi connectivity index (χ0v) is 10.6. The van der Waals surface area contributed by atoms with Gasteiger partial charge in [-0.2, -0.15) is 0 Å². The molecule has 0 saturated carbocycles. The predicted octanol–water partition coefficient (Wildman–Crippen LogP) is 4.24. The van der Waals surface area contributed by atoms with E-state index in [1.54, 1.807) is 0 Å². The third kappa shape index (κ3) is 1.82. The van der Waals surface area contributed by atoms with Gasteiger partial charge in [0.15, 0.2) is 0 Å². The second-order valence-electron chi connectivity index (χ2n) is 4.87. The third-order valence-corrected chi connectivity index (χ3v) is 3.54. The van der Waals surface area contributed by atoms with Crippen LogP contribution >= 0.6 is 0 Å². The van der Waals surface area contributed by atoms with Crippen molar-refractivity contribution in [1.82, 2.24) is 0 Å². The van der Waals surface area contributed by atoms with Gasteiger partial charge in [0.2, 0.25) is 0 Å². The minimum absolute atomic E-state index is 0.298. The van der Waals surface area contributed by atoms with Crippen LogP contribution in [0.3, 0.4) is 0 Å². The van der Waals surface area contributed by atoms with E-state index < -0.39 is 0 Å². The number of benzene rings is 2. The van der Waals surface area contributed by atoms with Crippen molar-refractivity contribution < 1.29 is 0 Å². The minimum atomic E-state index is 0.298. The van der Waals surface area contributed by atoms with Crippen molar-refractivity contribution in [2.75, 3.05) is 5.32 Å². The lowest BCUT2D eigenvalue weighted by atomic mass is 10.1. The summed E-state index contributed by atoms with van der Waals surface area (Å²) in [6.07, 6.45) is 2.96. The Bertz CT molecular complexity index is 598. The highest BCUT2D eigenvalue weighted by molar-refractivity contribution is 5.78. The van der Waals surface area contributed by atoms with Gasteiger partial charge in [-0.15, -0.1) is 6.58 Å². The van der Waals surface area contributed by atoms with Crippen LogP contribution in [-0.2, 0) is 6.42 Å². The maximum absolute atomic E-state index is 3.80.